The highest BCUT2D eigenvalue weighted by atomic mass is 35.5. The fourth-order valence-corrected chi connectivity index (χ4v) is 2.41. The standard InChI is InChI=1S/C13H12N2OS.ClH/c14-13(15-16)11-8-4-5-9-12(11)17-10-6-2-1-3-7-10;/h1-9,16H,(H2,14,15);1H. The van der Waals surface area contributed by atoms with Crippen molar-refractivity contribution in [3.05, 3.63) is 60.2 Å². The van der Waals surface area contributed by atoms with E-state index in [4.69, 9.17) is 10.9 Å². The Hall–Kier alpha value is -1.65. The summed E-state index contributed by atoms with van der Waals surface area (Å²) in [5, 5.41) is 11.8. The van der Waals surface area contributed by atoms with Crippen molar-refractivity contribution in [1.29, 1.82) is 0 Å². The minimum absolute atomic E-state index is 0. The van der Waals surface area contributed by atoms with Crippen molar-refractivity contribution < 1.29 is 5.21 Å². The Kier molecular flexibility index (Phi) is 5.55. The third kappa shape index (κ3) is 3.42. The number of hydrogen-bond donors (Lipinski definition) is 2. The molecule has 0 aliphatic carbocycles. The van der Waals surface area contributed by atoms with E-state index < -0.39 is 0 Å². The Balaban J connectivity index is 0.00000162. The third-order valence-electron chi connectivity index (χ3n) is 2.24. The molecule has 0 aromatic heterocycles. The molecule has 0 fully saturated rings. The van der Waals surface area contributed by atoms with Gasteiger partial charge in [0.1, 0.15) is 0 Å². The second kappa shape index (κ2) is 6.93. The number of oxime groups is 1. The van der Waals surface area contributed by atoms with Gasteiger partial charge in [-0.15, -0.1) is 12.4 Å². The molecule has 3 nitrogen and oxygen atoms in total. The third-order valence-corrected chi connectivity index (χ3v) is 3.33. The van der Waals surface area contributed by atoms with Crippen LogP contribution in [0, 0.1) is 0 Å². The second-order valence-corrected chi connectivity index (χ2v) is 4.51. The van der Waals surface area contributed by atoms with E-state index in [2.05, 4.69) is 5.16 Å². The average Bonchev–Trinajstić information content (AvgIpc) is 2.40. The van der Waals surface area contributed by atoms with Gasteiger partial charge in [-0.05, 0) is 18.2 Å². The van der Waals surface area contributed by atoms with E-state index in [9.17, 15) is 0 Å². The van der Waals surface area contributed by atoms with E-state index in [-0.39, 0.29) is 18.2 Å². The minimum Gasteiger partial charge on any atom is -0.409 e. The minimum atomic E-state index is 0. The number of nitrogens with zero attached hydrogens (tertiary/aromatic N) is 1. The summed E-state index contributed by atoms with van der Waals surface area (Å²) in [6.07, 6.45) is 0. The molecule has 0 saturated heterocycles. The van der Waals surface area contributed by atoms with E-state index in [1.54, 1.807) is 11.8 Å². The van der Waals surface area contributed by atoms with Gasteiger partial charge in [-0.2, -0.15) is 0 Å². The summed E-state index contributed by atoms with van der Waals surface area (Å²) in [6, 6.07) is 17.6. The van der Waals surface area contributed by atoms with E-state index in [1.807, 2.05) is 54.6 Å². The van der Waals surface area contributed by atoms with Crippen molar-refractivity contribution >= 4 is 30.0 Å². The first kappa shape index (κ1) is 14.4. The van der Waals surface area contributed by atoms with Crippen LogP contribution in [0.3, 0.4) is 0 Å². The lowest BCUT2D eigenvalue weighted by Crippen LogP contribution is -2.13. The van der Waals surface area contributed by atoms with Gasteiger partial charge >= 0.3 is 0 Å². The van der Waals surface area contributed by atoms with Crippen LogP contribution in [0.5, 0.6) is 0 Å². The Morgan fingerprint density at radius 1 is 1.00 bits per heavy atom. The van der Waals surface area contributed by atoms with E-state index >= 15 is 0 Å². The first-order chi connectivity index (χ1) is 8.31. The Bertz CT molecular complexity index is 532. The maximum Gasteiger partial charge on any atom is 0.171 e. The van der Waals surface area contributed by atoms with Gasteiger partial charge in [0.15, 0.2) is 5.84 Å². The van der Waals surface area contributed by atoms with Crippen molar-refractivity contribution in [2.24, 2.45) is 10.9 Å². The second-order valence-electron chi connectivity index (χ2n) is 3.40. The van der Waals surface area contributed by atoms with Crippen molar-refractivity contribution in [3.8, 4) is 0 Å². The van der Waals surface area contributed by atoms with E-state index in [0.717, 1.165) is 15.4 Å². The van der Waals surface area contributed by atoms with Crippen molar-refractivity contribution in [2.75, 3.05) is 0 Å². The number of nitrogens with two attached hydrogens (primary N) is 1. The maximum absolute atomic E-state index is 8.73. The molecule has 0 radical (unpaired) electrons. The number of amidine groups is 1. The van der Waals surface area contributed by atoms with Crippen LogP contribution in [0.15, 0.2) is 69.5 Å². The van der Waals surface area contributed by atoms with Crippen LogP contribution in [-0.2, 0) is 0 Å². The van der Waals surface area contributed by atoms with Crippen LogP contribution in [0.2, 0.25) is 0 Å². The molecule has 0 bridgehead atoms. The van der Waals surface area contributed by atoms with Crippen LogP contribution in [0.1, 0.15) is 5.56 Å². The molecule has 0 amide bonds. The van der Waals surface area contributed by atoms with Gasteiger partial charge in [-0.25, -0.2) is 0 Å². The quantitative estimate of drug-likeness (QED) is 0.392. The molecule has 0 atom stereocenters. The first-order valence-corrected chi connectivity index (χ1v) is 5.93. The number of rotatable bonds is 3. The molecular weight excluding hydrogens is 268 g/mol. The van der Waals surface area contributed by atoms with Crippen molar-refractivity contribution in [3.63, 3.8) is 0 Å². The molecule has 2 aromatic rings. The Morgan fingerprint density at radius 2 is 1.61 bits per heavy atom. The molecule has 0 aliphatic rings. The van der Waals surface area contributed by atoms with Gasteiger partial charge < -0.3 is 10.9 Å². The normalized spacial score (nSPS) is 10.8. The Morgan fingerprint density at radius 3 is 2.28 bits per heavy atom. The summed E-state index contributed by atoms with van der Waals surface area (Å²) in [4.78, 5) is 2.08. The summed E-state index contributed by atoms with van der Waals surface area (Å²) in [5.41, 5.74) is 6.38. The molecule has 18 heavy (non-hydrogen) atoms. The number of benzene rings is 2. The lowest BCUT2D eigenvalue weighted by atomic mass is 10.2. The first-order valence-electron chi connectivity index (χ1n) is 5.11. The summed E-state index contributed by atoms with van der Waals surface area (Å²) in [5.74, 6) is 0.129. The molecule has 5 heteroatoms. The summed E-state index contributed by atoms with van der Waals surface area (Å²) >= 11 is 1.59. The van der Waals surface area contributed by atoms with Gasteiger partial charge in [-0.1, -0.05) is 53.3 Å². The highest BCUT2D eigenvalue weighted by Gasteiger charge is 2.07. The highest BCUT2D eigenvalue weighted by molar-refractivity contribution is 7.99. The van der Waals surface area contributed by atoms with Gasteiger partial charge in [-0.3, -0.25) is 0 Å². The summed E-state index contributed by atoms with van der Waals surface area (Å²) < 4.78 is 0. The highest BCUT2D eigenvalue weighted by Crippen LogP contribution is 2.29. The fourth-order valence-electron chi connectivity index (χ4n) is 1.44. The van der Waals surface area contributed by atoms with Crippen LogP contribution in [0.4, 0.5) is 0 Å². The Labute approximate surface area is 116 Å². The molecule has 0 unspecified atom stereocenters. The summed E-state index contributed by atoms with van der Waals surface area (Å²) in [7, 11) is 0. The zero-order valence-electron chi connectivity index (χ0n) is 9.48. The van der Waals surface area contributed by atoms with Crippen LogP contribution in [-0.4, -0.2) is 11.0 Å². The van der Waals surface area contributed by atoms with Gasteiger partial charge in [0, 0.05) is 15.4 Å². The topological polar surface area (TPSA) is 58.6 Å². The van der Waals surface area contributed by atoms with Gasteiger partial charge in [0.05, 0.1) is 0 Å². The average molecular weight is 281 g/mol. The molecule has 3 N–H and O–H groups in total. The van der Waals surface area contributed by atoms with Crippen LogP contribution in [0.25, 0.3) is 0 Å². The van der Waals surface area contributed by atoms with E-state index in [1.165, 1.54) is 0 Å². The SMILES string of the molecule is Cl.N/C(=N/O)c1ccccc1Sc1ccccc1. The lowest BCUT2D eigenvalue weighted by molar-refractivity contribution is 0.318. The number of hydrogen-bond acceptors (Lipinski definition) is 3. The lowest BCUT2D eigenvalue weighted by Gasteiger charge is -2.07. The largest absolute Gasteiger partial charge is 0.409 e. The van der Waals surface area contributed by atoms with Crippen molar-refractivity contribution in [2.45, 2.75) is 9.79 Å². The zero-order chi connectivity index (χ0) is 12.1. The molecule has 0 saturated carbocycles. The molecule has 0 heterocycles. The molecular formula is C13H13ClN2OS. The van der Waals surface area contributed by atoms with Gasteiger partial charge in [0.2, 0.25) is 0 Å². The molecule has 2 rings (SSSR count). The zero-order valence-corrected chi connectivity index (χ0v) is 11.1. The predicted octanol–water partition coefficient (Wildman–Crippen LogP) is 3.35. The summed E-state index contributed by atoms with van der Waals surface area (Å²) in [6.45, 7) is 0. The number of halogens is 1. The maximum atomic E-state index is 8.73. The van der Waals surface area contributed by atoms with Gasteiger partial charge in [0.25, 0.3) is 0 Å². The fraction of sp³-hybridized carbons (Fsp3) is 0. The predicted molar refractivity (Wildman–Crippen MR) is 76.8 cm³/mol. The molecule has 94 valence electrons. The molecule has 0 aliphatic heterocycles. The smallest absolute Gasteiger partial charge is 0.171 e. The van der Waals surface area contributed by atoms with Crippen LogP contribution >= 0.6 is 24.2 Å². The molecule has 2 aromatic carbocycles. The van der Waals surface area contributed by atoms with Crippen molar-refractivity contribution in [1.82, 2.24) is 0 Å². The van der Waals surface area contributed by atoms with E-state index in [0.29, 0.717) is 0 Å². The van der Waals surface area contributed by atoms with Crippen LogP contribution < -0.4 is 5.73 Å². The molecule has 0 spiro atoms. The monoisotopic (exact) mass is 280 g/mol.